The van der Waals surface area contributed by atoms with Gasteiger partial charge in [-0.3, -0.25) is 14.1 Å². The Morgan fingerprint density at radius 2 is 1.72 bits per heavy atom. The maximum absolute atomic E-state index is 11.5. The maximum Gasteiger partial charge on any atom is 0.294 e. The number of carbonyl (C=O) groups is 2. The van der Waals surface area contributed by atoms with Gasteiger partial charge in [-0.25, -0.2) is 0 Å². The van der Waals surface area contributed by atoms with Gasteiger partial charge in [-0.15, -0.1) is 0 Å². The Morgan fingerprint density at radius 3 is 2.11 bits per heavy atom. The third-order valence-electron chi connectivity index (χ3n) is 2.42. The molecule has 0 bridgehead atoms. The molecule has 18 heavy (non-hydrogen) atoms. The summed E-state index contributed by atoms with van der Waals surface area (Å²) in [7, 11) is -4.24. The summed E-state index contributed by atoms with van der Waals surface area (Å²) < 4.78 is 30.3. The summed E-state index contributed by atoms with van der Waals surface area (Å²) in [5.41, 5.74) is 0.348. The van der Waals surface area contributed by atoms with E-state index < -0.39 is 21.9 Å². The zero-order valence-electron chi connectivity index (χ0n) is 9.88. The van der Waals surface area contributed by atoms with Crippen molar-refractivity contribution in [1.29, 1.82) is 0 Å². The van der Waals surface area contributed by atoms with Crippen LogP contribution in [0.15, 0.2) is 29.2 Å². The van der Waals surface area contributed by atoms with Crippen molar-refractivity contribution in [3.63, 3.8) is 0 Å². The van der Waals surface area contributed by atoms with Crippen LogP contribution < -0.4 is 5.32 Å². The van der Waals surface area contributed by atoms with Crippen LogP contribution in [0.2, 0.25) is 0 Å². The molecular formula is C11H13NO5S. The second-order valence-electron chi connectivity index (χ2n) is 3.82. The highest BCUT2D eigenvalue weighted by atomic mass is 32.2. The number of nitrogens with one attached hydrogen (secondary N) is 1. The van der Waals surface area contributed by atoms with E-state index in [-0.39, 0.29) is 10.7 Å². The summed E-state index contributed by atoms with van der Waals surface area (Å²) in [6, 6.07) is 4.97. The van der Waals surface area contributed by atoms with Crippen molar-refractivity contribution in [2.24, 2.45) is 5.92 Å². The molecule has 0 fully saturated rings. The highest BCUT2D eigenvalue weighted by Crippen LogP contribution is 2.14. The van der Waals surface area contributed by atoms with Crippen LogP contribution in [0.4, 0.5) is 5.69 Å². The summed E-state index contributed by atoms with van der Waals surface area (Å²) in [4.78, 5) is 22.3. The average Bonchev–Trinajstić information content (AvgIpc) is 2.27. The summed E-state index contributed by atoms with van der Waals surface area (Å²) in [5.74, 6) is -1.50. The van der Waals surface area contributed by atoms with Gasteiger partial charge in [-0.2, -0.15) is 8.42 Å². The Morgan fingerprint density at radius 1 is 1.22 bits per heavy atom. The summed E-state index contributed by atoms with van der Waals surface area (Å²) in [6.07, 6.45) is 0. The van der Waals surface area contributed by atoms with E-state index in [2.05, 4.69) is 5.32 Å². The molecule has 1 unspecified atom stereocenters. The van der Waals surface area contributed by atoms with Crippen molar-refractivity contribution in [1.82, 2.24) is 0 Å². The molecular weight excluding hydrogens is 258 g/mol. The van der Waals surface area contributed by atoms with Gasteiger partial charge in [-0.05, 0) is 38.1 Å². The van der Waals surface area contributed by atoms with E-state index in [0.717, 1.165) is 12.1 Å². The fourth-order valence-electron chi connectivity index (χ4n) is 1.15. The Kier molecular flexibility index (Phi) is 4.20. The third-order valence-corrected chi connectivity index (χ3v) is 3.29. The second kappa shape index (κ2) is 5.28. The largest absolute Gasteiger partial charge is 0.325 e. The molecule has 0 aliphatic carbocycles. The SMILES string of the molecule is CC(=O)C(C)C(=O)Nc1ccc(S(=O)(=O)O)cc1. The fourth-order valence-corrected chi connectivity index (χ4v) is 1.63. The molecule has 0 saturated carbocycles. The molecule has 1 amide bonds. The second-order valence-corrected chi connectivity index (χ2v) is 5.24. The van der Waals surface area contributed by atoms with Crippen molar-refractivity contribution in [2.45, 2.75) is 18.7 Å². The summed E-state index contributed by atoms with van der Waals surface area (Å²) in [6.45, 7) is 2.79. The van der Waals surface area contributed by atoms with Crippen molar-refractivity contribution in [3.05, 3.63) is 24.3 Å². The van der Waals surface area contributed by atoms with Crippen LogP contribution in [0, 0.1) is 5.92 Å². The third kappa shape index (κ3) is 3.64. The smallest absolute Gasteiger partial charge is 0.294 e. The van der Waals surface area contributed by atoms with Crippen LogP contribution in [0.1, 0.15) is 13.8 Å². The highest BCUT2D eigenvalue weighted by Gasteiger charge is 2.17. The van der Waals surface area contributed by atoms with Crippen molar-refractivity contribution in [3.8, 4) is 0 Å². The molecule has 2 N–H and O–H groups in total. The van der Waals surface area contributed by atoms with E-state index in [1.807, 2.05) is 0 Å². The minimum absolute atomic E-state index is 0.262. The first-order valence-electron chi connectivity index (χ1n) is 5.10. The van der Waals surface area contributed by atoms with Crippen LogP contribution >= 0.6 is 0 Å². The van der Waals surface area contributed by atoms with Gasteiger partial charge in [-0.1, -0.05) is 0 Å². The molecule has 1 atom stereocenters. The number of benzene rings is 1. The Balaban J connectivity index is 2.82. The van der Waals surface area contributed by atoms with Crippen LogP contribution in [-0.4, -0.2) is 24.7 Å². The first-order valence-corrected chi connectivity index (χ1v) is 6.54. The lowest BCUT2D eigenvalue weighted by Gasteiger charge is -2.09. The monoisotopic (exact) mass is 271 g/mol. The standard InChI is InChI=1S/C11H13NO5S/c1-7(8(2)13)11(14)12-9-3-5-10(6-4-9)18(15,16)17/h3-7H,1-2H3,(H,12,14)(H,15,16,17). The topological polar surface area (TPSA) is 101 Å². The van der Waals surface area contributed by atoms with E-state index in [1.54, 1.807) is 0 Å². The van der Waals surface area contributed by atoms with Gasteiger partial charge in [0.05, 0.1) is 10.8 Å². The van der Waals surface area contributed by atoms with Crippen LogP contribution in [0.5, 0.6) is 0 Å². The highest BCUT2D eigenvalue weighted by molar-refractivity contribution is 7.85. The summed E-state index contributed by atoms with van der Waals surface area (Å²) in [5, 5.41) is 2.47. The molecule has 1 aromatic rings. The normalized spacial score (nSPS) is 12.8. The van der Waals surface area contributed by atoms with E-state index in [9.17, 15) is 18.0 Å². The molecule has 0 aromatic heterocycles. The van der Waals surface area contributed by atoms with Crippen molar-refractivity contribution >= 4 is 27.5 Å². The molecule has 98 valence electrons. The van der Waals surface area contributed by atoms with Crippen LogP contribution in [0.3, 0.4) is 0 Å². The number of rotatable bonds is 4. The predicted molar refractivity (Wildman–Crippen MR) is 64.7 cm³/mol. The number of amides is 1. The van der Waals surface area contributed by atoms with E-state index in [1.165, 1.54) is 26.0 Å². The molecule has 0 saturated heterocycles. The molecule has 0 heterocycles. The number of hydrogen-bond donors (Lipinski definition) is 2. The van der Waals surface area contributed by atoms with Gasteiger partial charge in [0.15, 0.2) is 0 Å². The van der Waals surface area contributed by atoms with Crippen LogP contribution in [0.25, 0.3) is 0 Å². The van der Waals surface area contributed by atoms with Crippen LogP contribution in [-0.2, 0) is 19.7 Å². The minimum atomic E-state index is -4.24. The average molecular weight is 271 g/mol. The number of carbonyl (C=O) groups excluding carboxylic acids is 2. The molecule has 7 heteroatoms. The maximum atomic E-state index is 11.5. The lowest BCUT2D eigenvalue weighted by molar-refractivity contribution is -0.129. The van der Waals surface area contributed by atoms with Gasteiger partial charge in [0.2, 0.25) is 5.91 Å². The lowest BCUT2D eigenvalue weighted by atomic mass is 10.1. The summed E-state index contributed by atoms with van der Waals surface area (Å²) >= 11 is 0. The van der Waals surface area contributed by atoms with E-state index >= 15 is 0 Å². The van der Waals surface area contributed by atoms with Gasteiger partial charge >= 0.3 is 0 Å². The Bertz CT molecular complexity index is 562. The lowest BCUT2D eigenvalue weighted by Crippen LogP contribution is -2.25. The van der Waals surface area contributed by atoms with Gasteiger partial charge in [0.1, 0.15) is 5.78 Å². The van der Waals surface area contributed by atoms with Gasteiger partial charge < -0.3 is 5.32 Å². The first-order chi connectivity index (χ1) is 8.21. The molecule has 6 nitrogen and oxygen atoms in total. The molecule has 1 aromatic carbocycles. The number of hydrogen-bond acceptors (Lipinski definition) is 4. The zero-order chi connectivity index (χ0) is 13.9. The molecule has 0 aliphatic rings. The molecule has 1 rings (SSSR count). The number of ketones is 1. The minimum Gasteiger partial charge on any atom is -0.325 e. The molecule has 0 radical (unpaired) electrons. The van der Waals surface area contributed by atoms with Crippen molar-refractivity contribution in [2.75, 3.05) is 5.32 Å². The van der Waals surface area contributed by atoms with Gasteiger partial charge in [0, 0.05) is 5.69 Å². The quantitative estimate of drug-likeness (QED) is 0.630. The Hall–Kier alpha value is -1.73. The molecule has 0 aliphatic heterocycles. The first kappa shape index (κ1) is 14.3. The van der Waals surface area contributed by atoms with Crippen molar-refractivity contribution < 1.29 is 22.6 Å². The number of Topliss-reactive ketones (excluding diaryl/α,β-unsaturated/α-hetero) is 1. The zero-order valence-corrected chi connectivity index (χ0v) is 10.7. The molecule has 0 spiro atoms. The van der Waals surface area contributed by atoms with E-state index in [4.69, 9.17) is 4.55 Å². The number of anilines is 1. The predicted octanol–water partition coefficient (Wildman–Crippen LogP) is 1.10. The Labute approximate surface area is 105 Å². The fraction of sp³-hybridized carbons (Fsp3) is 0.273. The van der Waals surface area contributed by atoms with E-state index in [0.29, 0.717) is 5.69 Å². The van der Waals surface area contributed by atoms with Gasteiger partial charge in [0.25, 0.3) is 10.1 Å².